The summed E-state index contributed by atoms with van der Waals surface area (Å²) in [4.78, 5) is 5.56. The van der Waals surface area contributed by atoms with Gasteiger partial charge in [0.1, 0.15) is 0 Å². The Morgan fingerprint density at radius 1 is 1.46 bits per heavy atom. The Hall–Kier alpha value is -0.570. The molecule has 2 N–H and O–H groups in total. The average Bonchev–Trinajstić information content (AvgIpc) is 2.30. The van der Waals surface area contributed by atoms with E-state index in [1.165, 1.54) is 11.3 Å². The summed E-state index contributed by atoms with van der Waals surface area (Å²) in [6, 6.07) is 0. The minimum atomic E-state index is 0.365. The van der Waals surface area contributed by atoms with Gasteiger partial charge in [-0.25, -0.2) is 4.98 Å². The van der Waals surface area contributed by atoms with Gasteiger partial charge in [-0.15, -0.1) is 11.3 Å². The van der Waals surface area contributed by atoms with E-state index in [1.54, 1.807) is 11.3 Å². The fourth-order valence-corrected chi connectivity index (χ4v) is 2.27. The van der Waals surface area contributed by atoms with Crippen LogP contribution in [-0.4, -0.2) is 4.98 Å². The summed E-state index contributed by atoms with van der Waals surface area (Å²) in [5.74, 6) is 0. The van der Waals surface area contributed by atoms with Gasteiger partial charge in [0.05, 0.1) is 5.69 Å². The molecule has 0 aromatic carbocycles. The molecule has 0 aliphatic rings. The third-order valence-electron chi connectivity index (χ3n) is 2.51. The zero-order valence-electron chi connectivity index (χ0n) is 8.85. The van der Waals surface area contributed by atoms with Crippen LogP contribution in [0.25, 0.3) is 0 Å². The summed E-state index contributed by atoms with van der Waals surface area (Å²) in [6.45, 7) is 8.82. The molecule has 2 nitrogen and oxygen atoms in total. The normalized spacial score (nSPS) is 12.0. The molecule has 0 aliphatic carbocycles. The third kappa shape index (κ3) is 2.69. The number of hydrogen-bond acceptors (Lipinski definition) is 3. The number of nitrogens with two attached hydrogens (primary N) is 1. The number of nitrogens with zero attached hydrogens (tertiary/aromatic N) is 1. The Bertz CT molecular complexity index is 289. The number of aryl methyl sites for hydroxylation is 1. The summed E-state index contributed by atoms with van der Waals surface area (Å²) in [5.41, 5.74) is 7.11. The first-order valence-electron chi connectivity index (χ1n) is 4.66. The van der Waals surface area contributed by atoms with E-state index in [-0.39, 0.29) is 0 Å². The standard InChI is InChI=1S/C10H18N2S/c1-5-10(3,4)6-8-7(2)12-9(11)13-8/h5-6H2,1-4H3,(H2,11,12). The second-order valence-corrected chi connectivity index (χ2v) is 5.37. The Labute approximate surface area is 84.2 Å². The highest BCUT2D eigenvalue weighted by Crippen LogP contribution is 2.30. The molecular formula is C10H18N2S. The summed E-state index contributed by atoms with van der Waals surface area (Å²) in [5, 5.41) is 0.694. The first-order chi connectivity index (χ1) is 5.94. The first-order valence-corrected chi connectivity index (χ1v) is 5.48. The zero-order chi connectivity index (χ0) is 10.1. The molecule has 0 spiro atoms. The van der Waals surface area contributed by atoms with Crippen molar-refractivity contribution in [3.63, 3.8) is 0 Å². The lowest BCUT2D eigenvalue weighted by Gasteiger charge is -2.21. The molecule has 0 unspecified atom stereocenters. The van der Waals surface area contributed by atoms with Crippen molar-refractivity contribution in [2.24, 2.45) is 5.41 Å². The highest BCUT2D eigenvalue weighted by molar-refractivity contribution is 7.15. The Balaban J connectivity index is 2.79. The molecule has 3 heteroatoms. The Morgan fingerprint density at radius 3 is 2.46 bits per heavy atom. The van der Waals surface area contributed by atoms with Gasteiger partial charge in [0.15, 0.2) is 5.13 Å². The molecule has 0 saturated heterocycles. The summed E-state index contributed by atoms with van der Waals surface area (Å²) in [7, 11) is 0. The van der Waals surface area contributed by atoms with Gasteiger partial charge in [-0.3, -0.25) is 0 Å². The van der Waals surface area contributed by atoms with E-state index < -0.39 is 0 Å². The van der Waals surface area contributed by atoms with E-state index in [4.69, 9.17) is 5.73 Å². The van der Waals surface area contributed by atoms with Gasteiger partial charge in [0.25, 0.3) is 0 Å². The number of aromatic nitrogens is 1. The van der Waals surface area contributed by atoms with Crippen molar-refractivity contribution < 1.29 is 0 Å². The molecule has 0 fully saturated rings. The van der Waals surface area contributed by atoms with E-state index in [0.29, 0.717) is 10.5 Å². The first kappa shape index (κ1) is 10.5. The molecule has 1 rings (SSSR count). The van der Waals surface area contributed by atoms with Crippen LogP contribution in [0.1, 0.15) is 37.8 Å². The molecule has 0 atom stereocenters. The molecule has 0 bridgehead atoms. The third-order valence-corrected chi connectivity index (χ3v) is 3.49. The lowest BCUT2D eigenvalue weighted by atomic mass is 9.86. The van der Waals surface area contributed by atoms with E-state index >= 15 is 0 Å². The Morgan fingerprint density at radius 2 is 2.08 bits per heavy atom. The molecular weight excluding hydrogens is 180 g/mol. The maximum absolute atomic E-state index is 5.65. The topological polar surface area (TPSA) is 38.9 Å². The molecule has 1 heterocycles. The van der Waals surface area contributed by atoms with Crippen molar-refractivity contribution in [3.8, 4) is 0 Å². The largest absolute Gasteiger partial charge is 0.375 e. The van der Waals surface area contributed by atoms with E-state index in [9.17, 15) is 0 Å². The van der Waals surface area contributed by atoms with Gasteiger partial charge in [-0.1, -0.05) is 27.2 Å². The maximum atomic E-state index is 5.65. The number of hydrogen-bond donors (Lipinski definition) is 1. The SMILES string of the molecule is CCC(C)(C)Cc1sc(N)nc1C. The maximum Gasteiger partial charge on any atom is 0.180 e. The van der Waals surface area contributed by atoms with Crippen molar-refractivity contribution in [1.82, 2.24) is 4.98 Å². The van der Waals surface area contributed by atoms with Crippen molar-refractivity contribution in [2.75, 3.05) is 5.73 Å². The van der Waals surface area contributed by atoms with Crippen LogP contribution in [0.4, 0.5) is 5.13 Å². The number of nitrogen functional groups attached to an aromatic ring is 1. The average molecular weight is 198 g/mol. The molecule has 0 radical (unpaired) electrons. The van der Waals surface area contributed by atoms with Crippen LogP contribution in [0.5, 0.6) is 0 Å². The van der Waals surface area contributed by atoms with Crippen molar-refractivity contribution in [3.05, 3.63) is 10.6 Å². The van der Waals surface area contributed by atoms with Crippen LogP contribution < -0.4 is 5.73 Å². The molecule has 0 saturated carbocycles. The predicted octanol–water partition coefficient (Wildman–Crippen LogP) is 3.01. The minimum Gasteiger partial charge on any atom is -0.375 e. The monoisotopic (exact) mass is 198 g/mol. The summed E-state index contributed by atoms with van der Waals surface area (Å²) < 4.78 is 0. The number of thiazole rings is 1. The molecule has 0 amide bonds. The zero-order valence-corrected chi connectivity index (χ0v) is 9.66. The van der Waals surface area contributed by atoms with Gasteiger partial charge in [-0.2, -0.15) is 0 Å². The van der Waals surface area contributed by atoms with Gasteiger partial charge >= 0.3 is 0 Å². The van der Waals surface area contributed by atoms with Gasteiger partial charge < -0.3 is 5.73 Å². The van der Waals surface area contributed by atoms with Crippen LogP contribution in [0, 0.1) is 12.3 Å². The fourth-order valence-electron chi connectivity index (χ4n) is 1.17. The van der Waals surface area contributed by atoms with Gasteiger partial charge in [0.2, 0.25) is 0 Å². The molecule has 13 heavy (non-hydrogen) atoms. The summed E-state index contributed by atoms with van der Waals surface area (Å²) in [6.07, 6.45) is 2.27. The van der Waals surface area contributed by atoms with Crippen LogP contribution in [0.2, 0.25) is 0 Å². The number of rotatable bonds is 3. The molecule has 1 aromatic heterocycles. The molecule has 74 valence electrons. The van der Waals surface area contributed by atoms with Gasteiger partial charge in [0, 0.05) is 4.88 Å². The predicted molar refractivity (Wildman–Crippen MR) is 59.0 cm³/mol. The van der Waals surface area contributed by atoms with Crippen LogP contribution in [0.15, 0.2) is 0 Å². The lowest BCUT2D eigenvalue weighted by molar-refractivity contribution is 0.351. The van der Waals surface area contributed by atoms with Crippen LogP contribution in [0.3, 0.4) is 0 Å². The smallest absolute Gasteiger partial charge is 0.180 e. The number of anilines is 1. The van der Waals surface area contributed by atoms with E-state index in [2.05, 4.69) is 25.8 Å². The van der Waals surface area contributed by atoms with Gasteiger partial charge in [-0.05, 0) is 18.8 Å². The van der Waals surface area contributed by atoms with Crippen molar-refractivity contribution >= 4 is 16.5 Å². The Kier molecular flexibility index (Phi) is 2.96. The van der Waals surface area contributed by atoms with Crippen LogP contribution in [-0.2, 0) is 6.42 Å². The lowest BCUT2D eigenvalue weighted by Crippen LogP contribution is -2.12. The second-order valence-electron chi connectivity index (χ2n) is 4.26. The second kappa shape index (κ2) is 3.66. The highest BCUT2D eigenvalue weighted by atomic mass is 32.1. The van der Waals surface area contributed by atoms with Crippen molar-refractivity contribution in [2.45, 2.75) is 40.5 Å². The van der Waals surface area contributed by atoms with Crippen molar-refractivity contribution in [1.29, 1.82) is 0 Å². The summed E-state index contributed by atoms with van der Waals surface area (Å²) >= 11 is 1.62. The molecule has 1 aromatic rings. The van der Waals surface area contributed by atoms with E-state index in [1.807, 2.05) is 6.92 Å². The quantitative estimate of drug-likeness (QED) is 0.811. The molecule has 0 aliphatic heterocycles. The fraction of sp³-hybridized carbons (Fsp3) is 0.700. The van der Waals surface area contributed by atoms with E-state index in [0.717, 1.165) is 12.1 Å². The minimum absolute atomic E-state index is 0.365. The van der Waals surface area contributed by atoms with Crippen LogP contribution >= 0.6 is 11.3 Å². The highest BCUT2D eigenvalue weighted by Gasteiger charge is 2.18.